The molecule has 2 aromatic rings. The van der Waals surface area contributed by atoms with Crippen LogP contribution in [-0.2, 0) is 26.5 Å². The molecule has 3 N–H and O–H groups in total. The Bertz CT molecular complexity index is 995. The Balaban J connectivity index is 2.27. The molecule has 0 bridgehead atoms. The lowest BCUT2D eigenvalue weighted by Gasteiger charge is -2.23. The molecule has 2 aromatic carbocycles. The zero-order valence-electron chi connectivity index (χ0n) is 16.6. The quantitative estimate of drug-likeness (QED) is 0.678. The van der Waals surface area contributed by atoms with Gasteiger partial charge in [0, 0.05) is 6.04 Å². The second-order valence-electron chi connectivity index (χ2n) is 7.70. The maximum absolute atomic E-state index is 12.8. The largest absolute Gasteiger partial charge is 0.241 e. The van der Waals surface area contributed by atoms with Crippen molar-refractivity contribution in [3.63, 3.8) is 0 Å². The number of rotatable bonds is 8. The van der Waals surface area contributed by atoms with Crippen LogP contribution in [0.15, 0.2) is 58.3 Å². The van der Waals surface area contributed by atoms with Crippen LogP contribution >= 0.6 is 0 Å². The third-order valence-corrected chi connectivity index (χ3v) is 6.78. The van der Waals surface area contributed by atoms with Gasteiger partial charge in [0.05, 0.1) is 9.79 Å². The number of hydrogen-bond acceptors (Lipinski definition) is 4. The van der Waals surface area contributed by atoms with E-state index < -0.39 is 26.1 Å². The fourth-order valence-electron chi connectivity index (χ4n) is 2.97. The van der Waals surface area contributed by atoms with Crippen molar-refractivity contribution in [3.05, 3.63) is 59.7 Å². The van der Waals surface area contributed by atoms with Gasteiger partial charge in [0.15, 0.2) is 0 Å². The van der Waals surface area contributed by atoms with Gasteiger partial charge >= 0.3 is 0 Å². The SMILES string of the molecule is CC(C)Cc1ccc(C(NS(=O)(=O)c2ccc(S(N)(=O)=O)cc2)C(C)C)cc1. The van der Waals surface area contributed by atoms with Gasteiger partial charge in [0.2, 0.25) is 20.0 Å². The third kappa shape index (κ3) is 5.88. The summed E-state index contributed by atoms with van der Waals surface area (Å²) in [7, 11) is -7.70. The van der Waals surface area contributed by atoms with Crippen LogP contribution in [0, 0.1) is 11.8 Å². The van der Waals surface area contributed by atoms with Gasteiger partial charge in [-0.05, 0) is 53.6 Å². The minimum absolute atomic E-state index is 0.0121. The summed E-state index contributed by atoms with van der Waals surface area (Å²) >= 11 is 0. The summed E-state index contributed by atoms with van der Waals surface area (Å²) in [5, 5.41) is 5.06. The van der Waals surface area contributed by atoms with Crippen molar-refractivity contribution < 1.29 is 16.8 Å². The van der Waals surface area contributed by atoms with E-state index in [2.05, 4.69) is 18.6 Å². The van der Waals surface area contributed by atoms with Gasteiger partial charge in [-0.25, -0.2) is 26.7 Å². The van der Waals surface area contributed by atoms with Gasteiger partial charge in [0.25, 0.3) is 0 Å². The topological polar surface area (TPSA) is 106 Å². The molecule has 0 spiro atoms. The van der Waals surface area contributed by atoms with Crippen LogP contribution < -0.4 is 9.86 Å². The van der Waals surface area contributed by atoms with Crippen molar-refractivity contribution in [2.75, 3.05) is 0 Å². The maximum Gasteiger partial charge on any atom is 0.241 e. The maximum atomic E-state index is 12.8. The van der Waals surface area contributed by atoms with E-state index in [1.54, 1.807) is 0 Å². The molecule has 28 heavy (non-hydrogen) atoms. The highest BCUT2D eigenvalue weighted by molar-refractivity contribution is 7.89. The van der Waals surface area contributed by atoms with Crippen LogP contribution in [0.1, 0.15) is 44.9 Å². The summed E-state index contributed by atoms with van der Waals surface area (Å²) in [5.41, 5.74) is 2.09. The predicted octanol–water partition coefficient (Wildman–Crippen LogP) is 3.21. The summed E-state index contributed by atoms with van der Waals surface area (Å²) in [6.45, 7) is 8.19. The second kappa shape index (κ2) is 8.73. The Morgan fingerprint density at radius 1 is 0.821 bits per heavy atom. The van der Waals surface area contributed by atoms with E-state index in [0.29, 0.717) is 5.92 Å². The minimum atomic E-state index is -3.87. The second-order valence-corrected chi connectivity index (χ2v) is 11.0. The molecule has 2 rings (SSSR count). The Hall–Kier alpha value is -1.74. The van der Waals surface area contributed by atoms with E-state index in [-0.39, 0.29) is 15.7 Å². The van der Waals surface area contributed by atoms with E-state index >= 15 is 0 Å². The highest BCUT2D eigenvalue weighted by Gasteiger charge is 2.24. The number of benzene rings is 2. The molecule has 0 aromatic heterocycles. The molecule has 8 heteroatoms. The molecule has 0 fully saturated rings. The van der Waals surface area contributed by atoms with Crippen LogP contribution in [0.4, 0.5) is 0 Å². The van der Waals surface area contributed by atoms with Crippen molar-refractivity contribution in [1.29, 1.82) is 0 Å². The Morgan fingerprint density at radius 2 is 1.32 bits per heavy atom. The standard InChI is InChI=1S/C20H28N2O4S2/c1-14(2)13-16-5-7-17(8-6-16)20(15(3)4)22-28(25,26)19-11-9-18(10-12-19)27(21,23)24/h5-12,14-15,20,22H,13H2,1-4H3,(H2,21,23,24). The van der Waals surface area contributed by atoms with E-state index in [4.69, 9.17) is 5.14 Å². The Kier molecular flexibility index (Phi) is 7.03. The highest BCUT2D eigenvalue weighted by atomic mass is 32.2. The third-order valence-electron chi connectivity index (χ3n) is 4.39. The van der Waals surface area contributed by atoms with Crippen LogP contribution in [0.3, 0.4) is 0 Å². The first kappa shape index (κ1) is 22.5. The molecule has 1 unspecified atom stereocenters. The molecule has 0 aliphatic carbocycles. The van der Waals surface area contributed by atoms with Crippen molar-refractivity contribution in [1.82, 2.24) is 4.72 Å². The molecule has 0 heterocycles. The minimum Gasteiger partial charge on any atom is -0.225 e. The number of sulfonamides is 2. The summed E-state index contributed by atoms with van der Waals surface area (Å²) in [5.74, 6) is 0.569. The molecule has 0 aliphatic heterocycles. The summed E-state index contributed by atoms with van der Waals surface area (Å²) in [6, 6.07) is 12.4. The van der Waals surface area contributed by atoms with Gasteiger partial charge in [-0.2, -0.15) is 0 Å². The fraction of sp³-hybridized carbons (Fsp3) is 0.400. The van der Waals surface area contributed by atoms with E-state index in [0.717, 1.165) is 12.0 Å². The monoisotopic (exact) mass is 424 g/mol. The molecular weight excluding hydrogens is 396 g/mol. The lowest BCUT2D eigenvalue weighted by molar-refractivity contribution is 0.463. The normalized spacial score (nSPS) is 13.8. The molecule has 0 saturated heterocycles. The molecule has 154 valence electrons. The number of hydrogen-bond donors (Lipinski definition) is 2. The first-order chi connectivity index (χ1) is 12.9. The van der Waals surface area contributed by atoms with Crippen LogP contribution in [-0.4, -0.2) is 16.8 Å². The van der Waals surface area contributed by atoms with Crippen molar-refractivity contribution in [3.8, 4) is 0 Å². The molecule has 0 amide bonds. The van der Waals surface area contributed by atoms with Gasteiger partial charge in [-0.3, -0.25) is 0 Å². The first-order valence-corrected chi connectivity index (χ1v) is 12.2. The Morgan fingerprint density at radius 3 is 1.75 bits per heavy atom. The van der Waals surface area contributed by atoms with Crippen LogP contribution in [0.25, 0.3) is 0 Å². The van der Waals surface area contributed by atoms with Crippen molar-refractivity contribution in [2.45, 2.75) is 49.9 Å². The lowest BCUT2D eigenvalue weighted by Crippen LogP contribution is -2.31. The van der Waals surface area contributed by atoms with E-state index in [1.807, 2.05) is 38.1 Å². The molecule has 6 nitrogen and oxygen atoms in total. The first-order valence-electron chi connectivity index (χ1n) is 9.14. The predicted molar refractivity (Wildman–Crippen MR) is 111 cm³/mol. The molecular formula is C20H28N2O4S2. The van der Waals surface area contributed by atoms with Gasteiger partial charge in [-0.1, -0.05) is 52.0 Å². The fourth-order valence-corrected chi connectivity index (χ4v) is 4.85. The summed E-state index contributed by atoms with van der Waals surface area (Å²) in [6.07, 6.45) is 0.967. The summed E-state index contributed by atoms with van der Waals surface area (Å²) in [4.78, 5) is -0.144. The van der Waals surface area contributed by atoms with E-state index in [9.17, 15) is 16.8 Å². The van der Waals surface area contributed by atoms with Crippen LogP contribution in [0.2, 0.25) is 0 Å². The van der Waals surface area contributed by atoms with E-state index in [1.165, 1.54) is 29.8 Å². The van der Waals surface area contributed by atoms with Gasteiger partial charge in [-0.15, -0.1) is 0 Å². The smallest absolute Gasteiger partial charge is 0.225 e. The van der Waals surface area contributed by atoms with Crippen molar-refractivity contribution >= 4 is 20.0 Å². The molecule has 1 atom stereocenters. The number of nitrogens with two attached hydrogens (primary N) is 1. The average Bonchev–Trinajstić information content (AvgIpc) is 2.59. The zero-order valence-corrected chi connectivity index (χ0v) is 18.2. The zero-order chi connectivity index (χ0) is 21.1. The van der Waals surface area contributed by atoms with Gasteiger partial charge < -0.3 is 0 Å². The average molecular weight is 425 g/mol. The number of primary sulfonamides is 1. The number of nitrogens with one attached hydrogen (secondary N) is 1. The highest BCUT2D eigenvalue weighted by Crippen LogP contribution is 2.25. The van der Waals surface area contributed by atoms with Crippen LogP contribution in [0.5, 0.6) is 0 Å². The molecule has 0 saturated carbocycles. The van der Waals surface area contributed by atoms with Crippen molar-refractivity contribution in [2.24, 2.45) is 17.0 Å². The van der Waals surface area contributed by atoms with Gasteiger partial charge in [0.1, 0.15) is 0 Å². The molecule has 0 radical (unpaired) electrons. The molecule has 0 aliphatic rings. The summed E-state index contributed by atoms with van der Waals surface area (Å²) < 4.78 is 51.0. The Labute approximate surface area is 168 Å². The lowest BCUT2D eigenvalue weighted by atomic mass is 9.94.